The SMILES string of the molecule is C[C@@H](N)[C@H]1CCCN(S(=O)(=O)c2cc(F)c(F)cc2F)C1. The number of hydrogen-bond acceptors (Lipinski definition) is 3. The maximum Gasteiger partial charge on any atom is 0.246 e. The molecule has 0 bridgehead atoms. The van der Waals surface area contributed by atoms with Gasteiger partial charge in [-0.05, 0) is 31.7 Å². The summed E-state index contributed by atoms with van der Waals surface area (Å²) < 4.78 is 65.7. The van der Waals surface area contributed by atoms with Crippen LogP contribution in [0.1, 0.15) is 19.8 Å². The van der Waals surface area contributed by atoms with Gasteiger partial charge in [0, 0.05) is 25.2 Å². The van der Waals surface area contributed by atoms with Gasteiger partial charge in [-0.2, -0.15) is 4.31 Å². The van der Waals surface area contributed by atoms with Crippen LogP contribution in [0.5, 0.6) is 0 Å². The lowest BCUT2D eigenvalue weighted by atomic mass is 9.93. The molecule has 0 amide bonds. The predicted octanol–water partition coefficient (Wildman–Crippen LogP) is 1.85. The molecule has 0 unspecified atom stereocenters. The molecule has 0 aromatic heterocycles. The predicted molar refractivity (Wildman–Crippen MR) is 71.4 cm³/mol. The van der Waals surface area contributed by atoms with Crippen LogP contribution in [0, 0.1) is 23.4 Å². The second kappa shape index (κ2) is 5.94. The summed E-state index contributed by atoms with van der Waals surface area (Å²) in [4.78, 5) is -0.841. The highest BCUT2D eigenvalue weighted by Gasteiger charge is 2.33. The van der Waals surface area contributed by atoms with Crippen molar-refractivity contribution in [3.63, 3.8) is 0 Å². The number of nitrogens with zero attached hydrogens (tertiary/aromatic N) is 1. The molecule has 118 valence electrons. The van der Waals surface area contributed by atoms with Crippen molar-refractivity contribution in [2.75, 3.05) is 13.1 Å². The van der Waals surface area contributed by atoms with Gasteiger partial charge in [0.15, 0.2) is 11.6 Å². The van der Waals surface area contributed by atoms with Gasteiger partial charge >= 0.3 is 0 Å². The zero-order chi connectivity index (χ0) is 15.8. The van der Waals surface area contributed by atoms with E-state index in [-0.39, 0.29) is 31.1 Å². The van der Waals surface area contributed by atoms with E-state index in [1.807, 2.05) is 0 Å². The number of benzene rings is 1. The number of piperidine rings is 1. The van der Waals surface area contributed by atoms with Crippen molar-refractivity contribution in [1.29, 1.82) is 0 Å². The lowest BCUT2D eigenvalue weighted by Gasteiger charge is -2.33. The van der Waals surface area contributed by atoms with Gasteiger partial charge in [-0.15, -0.1) is 0 Å². The average Bonchev–Trinajstić information content (AvgIpc) is 2.42. The van der Waals surface area contributed by atoms with Gasteiger partial charge < -0.3 is 5.73 Å². The lowest BCUT2D eigenvalue weighted by Crippen LogP contribution is -2.45. The Hall–Kier alpha value is -1.12. The average molecular weight is 322 g/mol. The van der Waals surface area contributed by atoms with E-state index in [9.17, 15) is 21.6 Å². The molecule has 1 fully saturated rings. The van der Waals surface area contributed by atoms with E-state index in [0.29, 0.717) is 12.5 Å². The van der Waals surface area contributed by atoms with Crippen molar-refractivity contribution in [3.05, 3.63) is 29.6 Å². The minimum atomic E-state index is -4.20. The second-order valence-corrected chi connectivity index (χ2v) is 7.23. The van der Waals surface area contributed by atoms with E-state index in [2.05, 4.69) is 0 Å². The third-order valence-corrected chi connectivity index (χ3v) is 5.64. The summed E-state index contributed by atoms with van der Waals surface area (Å²) in [5.74, 6) is -4.15. The Labute approximate surface area is 121 Å². The highest BCUT2D eigenvalue weighted by molar-refractivity contribution is 7.89. The fourth-order valence-corrected chi connectivity index (χ4v) is 4.06. The molecular weight excluding hydrogens is 305 g/mol. The van der Waals surface area contributed by atoms with E-state index in [4.69, 9.17) is 5.73 Å². The molecule has 0 spiro atoms. The van der Waals surface area contributed by atoms with Crippen LogP contribution in [-0.4, -0.2) is 31.9 Å². The van der Waals surface area contributed by atoms with Gasteiger partial charge in [0.2, 0.25) is 10.0 Å². The molecule has 8 heteroatoms. The summed E-state index contributed by atoms with van der Waals surface area (Å²) in [6.07, 6.45) is 1.38. The molecule has 0 saturated carbocycles. The summed E-state index contributed by atoms with van der Waals surface area (Å²) >= 11 is 0. The quantitative estimate of drug-likeness (QED) is 0.864. The van der Waals surface area contributed by atoms with E-state index < -0.39 is 32.4 Å². The van der Waals surface area contributed by atoms with Crippen LogP contribution in [0.3, 0.4) is 0 Å². The topological polar surface area (TPSA) is 63.4 Å². The first-order valence-corrected chi connectivity index (χ1v) is 8.07. The number of halogens is 3. The maximum absolute atomic E-state index is 13.7. The van der Waals surface area contributed by atoms with Crippen LogP contribution >= 0.6 is 0 Å². The first-order chi connectivity index (χ1) is 9.73. The molecule has 1 aromatic rings. The smallest absolute Gasteiger partial charge is 0.246 e. The van der Waals surface area contributed by atoms with Gasteiger partial charge in [-0.25, -0.2) is 21.6 Å². The Morgan fingerprint density at radius 2 is 1.86 bits per heavy atom. The monoisotopic (exact) mass is 322 g/mol. The molecule has 1 aliphatic heterocycles. The van der Waals surface area contributed by atoms with Gasteiger partial charge in [0.1, 0.15) is 10.7 Å². The second-order valence-electron chi connectivity index (χ2n) is 5.32. The summed E-state index contributed by atoms with van der Waals surface area (Å²) in [5, 5.41) is 0. The van der Waals surface area contributed by atoms with Gasteiger partial charge in [0.05, 0.1) is 0 Å². The third kappa shape index (κ3) is 3.22. The van der Waals surface area contributed by atoms with Crippen LogP contribution in [0.25, 0.3) is 0 Å². The van der Waals surface area contributed by atoms with Crippen LogP contribution in [-0.2, 0) is 10.0 Å². The first kappa shape index (κ1) is 16.3. The van der Waals surface area contributed by atoms with E-state index in [0.717, 1.165) is 10.7 Å². The van der Waals surface area contributed by atoms with Gasteiger partial charge in [0.25, 0.3) is 0 Å². The van der Waals surface area contributed by atoms with Crippen molar-refractivity contribution in [1.82, 2.24) is 4.31 Å². The Balaban J connectivity index is 2.36. The third-order valence-electron chi connectivity index (χ3n) is 3.76. The molecule has 2 rings (SSSR count). The maximum atomic E-state index is 13.7. The molecule has 2 atom stereocenters. The fourth-order valence-electron chi connectivity index (χ4n) is 2.46. The molecule has 4 nitrogen and oxygen atoms in total. The molecule has 1 aromatic carbocycles. The number of hydrogen-bond donors (Lipinski definition) is 1. The Morgan fingerprint density at radius 1 is 1.24 bits per heavy atom. The first-order valence-electron chi connectivity index (χ1n) is 6.63. The summed E-state index contributed by atoms with van der Waals surface area (Å²) in [6, 6.07) is 0.433. The highest BCUT2D eigenvalue weighted by atomic mass is 32.2. The summed E-state index contributed by atoms with van der Waals surface area (Å²) in [5.41, 5.74) is 5.78. The highest BCUT2D eigenvalue weighted by Crippen LogP contribution is 2.27. The molecule has 2 N–H and O–H groups in total. The Bertz CT molecular complexity index is 635. The van der Waals surface area contributed by atoms with Crippen molar-refractivity contribution in [3.8, 4) is 0 Å². The van der Waals surface area contributed by atoms with Crippen LogP contribution in [0.4, 0.5) is 13.2 Å². The Morgan fingerprint density at radius 3 is 2.48 bits per heavy atom. The van der Waals surface area contributed by atoms with E-state index >= 15 is 0 Å². The largest absolute Gasteiger partial charge is 0.328 e. The zero-order valence-corrected chi connectivity index (χ0v) is 12.3. The van der Waals surface area contributed by atoms with E-state index in [1.54, 1.807) is 6.92 Å². The minimum Gasteiger partial charge on any atom is -0.328 e. The zero-order valence-electron chi connectivity index (χ0n) is 11.5. The minimum absolute atomic E-state index is 0.0399. The molecule has 1 saturated heterocycles. The number of nitrogens with two attached hydrogens (primary N) is 1. The van der Waals surface area contributed by atoms with Crippen molar-refractivity contribution < 1.29 is 21.6 Å². The van der Waals surface area contributed by atoms with Crippen LogP contribution in [0.15, 0.2) is 17.0 Å². The Kier molecular flexibility index (Phi) is 4.60. The summed E-state index contributed by atoms with van der Waals surface area (Å²) in [6.45, 7) is 2.14. The lowest BCUT2D eigenvalue weighted by molar-refractivity contribution is 0.242. The molecule has 1 aliphatic rings. The molecule has 21 heavy (non-hydrogen) atoms. The molecule has 0 radical (unpaired) electrons. The standard InChI is InChI=1S/C13H17F3N2O2S/c1-8(17)9-3-2-4-18(7-9)21(19,20)13-6-11(15)10(14)5-12(13)16/h5-6,8-9H,2-4,7,17H2,1H3/t8-,9+/m1/s1. The fraction of sp³-hybridized carbons (Fsp3) is 0.538. The number of sulfonamides is 1. The summed E-state index contributed by atoms with van der Waals surface area (Å²) in [7, 11) is -4.20. The number of rotatable bonds is 3. The van der Waals surface area contributed by atoms with Crippen molar-refractivity contribution >= 4 is 10.0 Å². The normalized spacial score (nSPS) is 22.2. The van der Waals surface area contributed by atoms with Crippen LogP contribution in [0.2, 0.25) is 0 Å². The molecule has 1 heterocycles. The van der Waals surface area contributed by atoms with Crippen molar-refractivity contribution in [2.45, 2.75) is 30.7 Å². The van der Waals surface area contributed by atoms with Crippen LogP contribution < -0.4 is 5.73 Å². The van der Waals surface area contributed by atoms with Gasteiger partial charge in [-0.1, -0.05) is 0 Å². The molecular formula is C13H17F3N2O2S. The van der Waals surface area contributed by atoms with Crippen molar-refractivity contribution in [2.24, 2.45) is 11.7 Å². The van der Waals surface area contributed by atoms with E-state index in [1.165, 1.54) is 0 Å². The molecule has 0 aliphatic carbocycles. The van der Waals surface area contributed by atoms with Gasteiger partial charge in [-0.3, -0.25) is 0 Å².